The van der Waals surface area contributed by atoms with Gasteiger partial charge in [-0.05, 0) is 137 Å². The zero-order chi connectivity index (χ0) is 109. The molecule has 7 rings (SSSR count). The normalized spacial score (nSPS) is 17.9. The Morgan fingerprint density at radius 2 is 0.958 bits per heavy atom. The molecule has 3 saturated heterocycles. The molecule has 12 unspecified atom stereocenters. The number of rotatable bonds is 51. The van der Waals surface area contributed by atoms with Crippen molar-refractivity contribution in [2.45, 2.75) is 259 Å². The number of carbonyl (C=O) groups is 14. The number of amides is 3. The van der Waals surface area contributed by atoms with Gasteiger partial charge in [0.05, 0.1) is 104 Å². The first-order valence-corrected chi connectivity index (χ1v) is 51.5. The van der Waals surface area contributed by atoms with E-state index in [2.05, 4.69) is 47.2 Å². The van der Waals surface area contributed by atoms with Crippen LogP contribution >= 0.6 is 0 Å². The van der Waals surface area contributed by atoms with E-state index in [-0.39, 0.29) is 169 Å². The molecule has 12 atom stereocenters. The van der Waals surface area contributed by atoms with Gasteiger partial charge in [0.15, 0.2) is 11.6 Å². The number of methoxy groups -OCH3 is 2. The number of hydrogen-bond donors (Lipinski definition) is 10. The number of aliphatic hydroxyl groups excluding tert-OH is 2. The second kappa shape index (κ2) is 57.5. The number of unbranched alkanes of at least 4 members (excludes halogenated alkanes) is 3. The summed E-state index contributed by atoms with van der Waals surface area (Å²) in [6, 6.07) is 17.2. The second-order valence-corrected chi connectivity index (χ2v) is 44.3. The van der Waals surface area contributed by atoms with Crippen LogP contribution in [0, 0.1) is 117 Å². The zero-order valence-electron chi connectivity index (χ0n) is 88.4. The Kier molecular flexibility index (Phi) is 52.0. The number of nitrogens with one attached hydrogen (secondary N) is 3. The van der Waals surface area contributed by atoms with Crippen molar-refractivity contribution in [3.05, 3.63) is 106 Å². The third kappa shape index (κ3) is 35.6. The molecular formula is C104H156N5NaO31S2. The van der Waals surface area contributed by atoms with E-state index in [1.807, 2.05) is 27.7 Å². The number of hydrogen-bond acceptors (Lipinski definition) is 30. The number of aliphatic hydroxyl groups is 2. The molecule has 36 nitrogen and oxygen atoms in total. The molecule has 796 valence electrons. The van der Waals surface area contributed by atoms with E-state index >= 15 is 0 Å². The molecule has 4 aromatic carbocycles. The number of ether oxygens (including phenoxy) is 6. The summed E-state index contributed by atoms with van der Waals surface area (Å²) < 4.78 is 87.9. The van der Waals surface area contributed by atoms with Crippen LogP contribution in [-0.4, -0.2) is 209 Å². The Morgan fingerprint density at radius 1 is 0.524 bits per heavy atom. The van der Waals surface area contributed by atoms with Crippen LogP contribution in [0.1, 0.15) is 278 Å². The van der Waals surface area contributed by atoms with E-state index in [0.717, 1.165) is 66.8 Å². The van der Waals surface area contributed by atoms with E-state index in [0.29, 0.717) is 31.2 Å². The van der Waals surface area contributed by atoms with Gasteiger partial charge < -0.3 is 80.0 Å². The molecule has 0 spiro atoms. The molecule has 39 heteroatoms. The van der Waals surface area contributed by atoms with Gasteiger partial charge in [-0.1, -0.05) is 223 Å². The van der Waals surface area contributed by atoms with Gasteiger partial charge in [-0.3, -0.25) is 67.2 Å². The van der Waals surface area contributed by atoms with E-state index in [1.165, 1.54) is 59.8 Å². The Morgan fingerprint density at radius 3 is 1.34 bits per heavy atom. The smallest absolute Gasteiger partial charge is 0.550 e. The van der Waals surface area contributed by atoms with Crippen LogP contribution in [0.2, 0.25) is 0 Å². The minimum absolute atomic E-state index is 0. The number of aromatic hydroxyl groups is 2. The summed E-state index contributed by atoms with van der Waals surface area (Å²) in [4.78, 5) is 189. The van der Waals surface area contributed by atoms with Gasteiger partial charge in [0.2, 0.25) is 37.8 Å². The van der Waals surface area contributed by atoms with Crippen LogP contribution in [0.25, 0.3) is 0 Å². The van der Waals surface area contributed by atoms with E-state index < -0.39 is 208 Å². The quantitative estimate of drug-likeness (QED) is 0.00374. The Bertz CT molecular complexity index is 5250. The van der Waals surface area contributed by atoms with Crippen LogP contribution in [0.15, 0.2) is 82.6 Å². The van der Waals surface area contributed by atoms with Crippen LogP contribution in [0.5, 0.6) is 23.0 Å². The van der Waals surface area contributed by atoms with Gasteiger partial charge in [0, 0.05) is 67.9 Å². The van der Waals surface area contributed by atoms with E-state index in [4.69, 9.17) is 39.6 Å². The van der Waals surface area contributed by atoms with Gasteiger partial charge in [-0.2, -0.15) is 0 Å². The van der Waals surface area contributed by atoms with Gasteiger partial charge in [0.1, 0.15) is 39.4 Å². The fraction of sp³-hybridized carbons (Fsp3) is 0.635. The van der Waals surface area contributed by atoms with Gasteiger partial charge in [-0.25, -0.2) is 26.3 Å². The minimum atomic E-state index is -4.56. The van der Waals surface area contributed by atoms with E-state index in [9.17, 15) is 109 Å². The second-order valence-electron chi connectivity index (χ2n) is 40.8. The summed E-state index contributed by atoms with van der Waals surface area (Å²) in [5.41, 5.74) is 0.197. The number of aryl methyl sites for hydroxylation is 2. The Balaban J connectivity index is 0.00000116. The molecule has 3 fully saturated rings. The van der Waals surface area contributed by atoms with Crippen molar-refractivity contribution >= 4 is 103 Å². The number of carboxylic acid groups (broad SMARTS) is 3. The van der Waals surface area contributed by atoms with Crippen LogP contribution in [0.4, 0.5) is 0 Å². The number of phenolic OH excluding ortho intramolecular Hbond substituents is 2. The average molecular weight is 2060 g/mol. The van der Waals surface area contributed by atoms with Crippen molar-refractivity contribution in [2.24, 2.45) is 109 Å². The molecule has 0 saturated carbocycles. The maximum absolute atomic E-state index is 15.0. The summed E-state index contributed by atoms with van der Waals surface area (Å²) in [7, 11) is -6.17. The van der Waals surface area contributed by atoms with Crippen molar-refractivity contribution < 1.29 is 178 Å². The summed E-state index contributed by atoms with van der Waals surface area (Å²) in [5, 5.41) is 76.2. The summed E-state index contributed by atoms with van der Waals surface area (Å²) in [5.74, 6) is -28.0. The van der Waals surface area contributed by atoms with Crippen LogP contribution < -0.4 is 64.6 Å². The first-order valence-electron chi connectivity index (χ1n) is 48.6. The SMILES string of the molecule is CCC(C)(C)CC1C(=O)OC(=O)C1C.CCCCN.CCCCNC(=O)C(C(CC(C)(C)C(C(=O)OCC)C(CC(C)(C)C1C(=O)OC(=O)C1C)C(=O)O)C(=O)[O-])C(C)(C)CCC1C(=O)N(CCCC)C(=O)C1C(C)(C)CC(C(=O)O)C(C(=O)OCCNS(=O)(=O)c1cc(C(=O)c2ccc(C)cc2)c(O)cc1OC)C(C)(C)CC.CCO.COc1cc(O)c(C(=O)c2ccc(C)cc2)cc1S(=O)(=O)NCCO.[Na+]. The van der Waals surface area contributed by atoms with Gasteiger partial charge >= 0.3 is 77.3 Å². The van der Waals surface area contributed by atoms with Crippen molar-refractivity contribution in [2.75, 3.05) is 73.4 Å². The molecule has 4 aromatic rings. The number of carboxylic acids is 3. The zero-order valence-corrected chi connectivity index (χ0v) is 92.0. The van der Waals surface area contributed by atoms with Crippen molar-refractivity contribution in [1.82, 2.24) is 19.7 Å². The molecule has 0 radical (unpaired) electrons. The number of aliphatic carboxylic acids is 3. The molecule has 0 aliphatic carbocycles. The van der Waals surface area contributed by atoms with E-state index in [1.54, 1.807) is 113 Å². The largest absolute Gasteiger partial charge is 1.00 e. The maximum Gasteiger partial charge on any atom is 1.00 e. The number of likely N-dealkylation sites (tertiary alicyclic amines) is 1. The Labute approximate surface area is 865 Å². The maximum atomic E-state index is 15.0. The third-order valence-corrected chi connectivity index (χ3v) is 30.1. The van der Waals surface area contributed by atoms with Crippen molar-refractivity contribution in [3.63, 3.8) is 0 Å². The summed E-state index contributed by atoms with van der Waals surface area (Å²) in [6.07, 6.45) is 4.91. The number of cyclic esters (lactones) is 4. The number of benzene rings is 4. The van der Waals surface area contributed by atoms with Gasteiger partial charge in [-0.15, -0.1) is 0 Å². The average Bonchev–Trinajstić information content (AvgIpc) is 1.60. The van der Waals surface area contributed by atoms with Crippen molar-refractivity contribution in [3.8, 4) is 23.0 Å². The van der Waals surface area contributed by atoms with Crippen LogP contribution in [-0.2, 0) is 96.5 Å². The monoisotopic (exact) mass is 2060 g/mol. The molecule has 3 heterocycles. The first-order chi connectivity index (χ1) is 66.0. The molecule has 11 N–H and O–H groups in total. The van der Waals surface area contributed by atoms with Crippen LogP contribution in [0.3, 0.4) is 0 Å². The number of ketones is 2. The number of sulfonamides is 2. The molecule has 3 amide bonds. The Hall–Kier alpha value is -9.64. The molecule has 3 aliphatic rings. The standard InChI is InChI=1S/C70H103N3O21S.C17H19NO6S.C11H18O3.C4H11N.C2H6O.Na/c1-18-22-30-71-56(76)51(44(59(79)80)36-70(15,16)54(63(86)92-21-4)46(61(83)84)37-68(11,12)50-40(6)62(85)94-65(50)88)67(9,10)29-28-42-52(58(78)73(57(42)77)32-23-19-2)69(13,14)38-45(60(81)82)53(66(7,8)20-3)64(87)93-33-31-72-95(89,90)49-34-43(47(74)35-48(49)91-17)55(75)41-26-24-39(5)25-27-41;1-11-3-5-12(6-4-11)17(21)13-9-16(15(24-2)10-14(13)20)25(22,23)18-7-8-19;1-5-11(3,4)6-8-7(2)9(12)14-10(8)13;1-2-3-4-5;1-2-3;/h24-27,34-35,40,42,44-46,50-54,72,74H,18-23,28-33,36-38H2,1-17H3,(H,71,76)(H,79,80)(H,81,82)(H,83,84);3-6,9-10,18-20H,7-8H2,1-2H3;7-8H,5-6H2,1-4H3;2-5H2,1H3;3H,2H2,1H3;/q;;;;;+1/p-1. The number of nitrogens with two attached hydrogens (primary N) is 1. The number of imide groups is 1. The minimum Gasteiger partial charge on any atom is -0.550 e. The summed E-state index contributed by atoms with van der Waals surface area (Å²) >= 11 is 0. The first kappa shape index (κ1) is 129. The van der Waals surface area contributed by atoms with Crippen molar-refractivity contribution in [1.29, 1.82) is 0 Å². The number of esters is 6. The molecule has 143 heavy (non-hydrogen) atoms. The predicted molar refractivity (Wildman–Crippen MR) is 527 cm³/mol. The van der Waals surface area contributed by atoms with Gasteiger partial charge in [0.25, 0.3) is 0 Å². The fourth-order valence-electron chi connectivity index (χ4n) is 18.5. The molecule has 3 aliphatic heterocycles. The number of nitrogens with zero attached hydrogens (tertiary/aromatic N) is 1. The molecule has 0 bridgehead atoms. The predicted octanol–water partition coefficient (Wildman–Crippen LogP) is 9.19. The summed E-state index contributed by atoms with van der Waals surface area (Å²) in [6.45, 7) is 39.3. The number of carbonyl (C=O) groups excluding carboxylic acids is 12. The topological polar surface area (TPSA) is 572 Å². The number of phenols is 2. The molecular weight excluding hydrogens is 1900 g/mol. The molecule has 0 aromatic heterocycles. The third-order valence-electron chi connectivity index (χ3n) is 27.2. The fourth-order valence-corrected chi connectivity index (χ4v) is 20.9.